The summed E-state index contributed by atoms with van der Waals surface area (Å²) < 4.78 is 0.996. The Labute approximate surface area is 130 Å². The topological polar surface area (TPSA) is 44.0 Å². The predicted molar refractivity (Wildman–Crippen MR) is 83.8 cm³/mol. The summed E-state index contributed by atoms with van der Waals surface area (Å²) in [4.78, 5) is 1.98. The van der Waals surface area contributed by atoms with E-state index < -0.39 is 11.5 Å². The molecule has 2 aromatic rings. The summed E-state index contributed by atoms with van der Waals surface area (Å²) in [5.41, 5.74) is 1.35. The molecule has 1 aliphatic rings. The number of thiophene rings is 1. The molecule has 2 atom stereocenters. The van der Waals surface area contributed by atoms with Crippen LogP contribution in [-0.2, 0) is 11.8 Å². The van der Waals surface area contributed by atoms with Gasteiger partial charge in [-0.2, -0.15) is 5.26 Å². The molecule has 2 unspecified atom stereocenters. The zero-order chi connectivity index (χ0) is 14.3. The van der Waals surface area contributed by atoms with Crippen LogP contribution in [-0.4, -0.2) is 5.11 Å². The van der Waals surface area contributed by atoms with Crippen molar-refractivity contribution in [2.45, 2.75) is 31.3 Å². The van der Waals surface area contributed by atoms with E-state index in [-0.39, 0.29) is 0 Å². The number of halogens is 1. The monoisotopic (exact) mass is 347 g/mol. The van der Waals surface area contributed by atoms with Crippen LogP contribution in [0.15, 0.2) is 34.8 Å². The van der Waals surface area contributed by atoms with Crippen LogP contribution < -0.4 is 0 Å². The second kappa shape index (κ2) is 5.00. The molecule has 0 bridgehead atoms. The van der Waals surface area contributed by atoms with Gasteiger partial charge in [-0.1, -0.05) is 24.3 Å². The molecular formula is C16H14BrNOS. The number of hydrogen-bond acceptors (Lipinski definition) is 3. The molecule has 0 spiro atoms. The Bertz CT molecular complexity index is 683. The molecule has 0 fully saturated rings. The summed E-state index contributed by atoms with van der Waals surface area (Å²) >= 11 is 5.03. The first-order valence-electron chi connectivity index (χ1n) is 6.52. The SMILES string of the molecule is Cc1sc(C(O)C2(C#N)CCc3ccccc32)cc1Br. The van der Waals surface area contributed by atoms with Gasteiger partial charge < -0.3 is 5.11 Å². The van der Waals surface area contributed by atoms with Crippen molar-refractivity contribution in [3.05, 3.63) is 55.7 Å². The van der Waals surface area contributed by atoms with E-state index in [1.807, 2.05) is 31.2 Å². The first-order chi connectivity index (χ1) is 9.58. The normalized spacial score (nSPS) is 22.3. The number of aryl methyl sites for hydroxylation is 2. The van der Waals surface area contributed by atoms with Crippen LogP contribution in [0.5, 0.6) is 0 Å². The number of hydrogen-bond donors (Lipinski definition) is 1. The average molecular weight is 348 g/mol. The smallest absolute Gasteiger partial charge is 0.114 e. The van der Waals surface area contributed by atoms with Crippen molar-refractivity contribution < 1.29 is 5.11 Å². The minimum atomic E-state index is -0.812. The van der Waals surface area contributed by atoms with Gasteiger partial charge in [0.2, 0.25) is 0 Å². The maximum absolute atomic E-state index is 10.8. The maximum Gasteiger partial charge on any atom is 0.114 e. The number of nitriles is 1. The van der Waals surface area contributed by atoms with Crippen molar-refractivity contribution in [3.8, 4) is 6.07 Å². The molecule has 20 heavy (non-hydrogen) atoms. The molecule has 2 nitrogen and oxygen atoms in total. The van der Waals surface area contributed by atoms with Crippen LogP contribution in [0, 0.1) is 18.3 Å². The van der Waals surface area contributed by atoms with Crippen molar-refractivity contribution in [2.24, 2.45) is 0 Å². The second-order valence-corrected chi connectivity index (χ2v) is 7.34. The molecule has 1 aromatic carbocycles. The molecule has 0 saturated carbocycles. The highest BCUT2D eigenvalue weighted by atomic mass is 79.9. The van der Waals surface area contributed by atoms with E-state index in [2.05, 4.69) is 28.1 Å². The zero-order valence-electron chi connectivity index (χ0n) is 11.1. The lowest BCUT2D eigenvalue weighted by Crippen LogP contribution is -2.29. The van der Waals surface area contributed by atoms with E-state index in [0.717, 1.165) is 26.2 Å². The van der Waals surface area contributed by atoms with Crippen LogP contribution in [0.25, 0.3) is 0 Å². The lowest BCUT2D eigenvalue weighted by molar-refractivity contribution is 0.114. The van der Waals surface area contributed by atoms with Gasteiger partial charge in [-0.25, -0.2) is 0 Å². The quantitative estimate of drug-likeness (QED) is 0.881. The van der Waals surface area contributed by atoms with Gasteiger partial charge in [-0.15, -0.1) is 11.3 Å². The fourth-order valence-electron chi connectivity index (χ4n) is 2.96. The Morgan fingerprint density at radius 2 is 2.20 bits per heavy atom. The molecule has 0 amide bonds. The van der Waals surface area contributed by atoms with Crippen LogP contribution in [0.3, 0.4) is 0 Å². The van der Waals surface area contributed by atoms with E-state index in [4.69, 9.17) is 0 Å². The molecule has 102 valence electrons. The zero-order valence-corrected chi connectivity index (χ0v) is 13.5. The fourth-order valence-corrected chi connectivity index (χ4v) is 4.60. The first kappa shape index (κ1) is 13.8. The van der Waals surface area contributed by atoms with Gasteiger partial charge in [0.15, 0.2) is 0 Å². The predicted octanol–water partition coefficient (Wildman–Crippen LogP) is 4.26. The Morgan fingerprint density at radius 1 is 1.45 bits per heavy atom. The van der Waals surface area contributed by atoms with Crippen LogP contribution in [0.1, 0.15) is 33.4 Å². The highest BCUT2D eigenvalue weighted by Gasteiger charge is 2.46. The molecule has 0 radical (unpaired) electrons. The van der Waals surface area contributed by atoms with Gasteiger partial charge in [-0.05, 0) is 52.9 Å². The van der Waals surface area contributed by atoms with E-state index in [1.54, 1.807) is 11.3 Å². The highest BCUT2D eigenvalue weighted by molar-refractivity contribution is 9.10. The number of benzene rings is 1. The molecular weight excluding hydrogens is 334 g/mol. The largest absolute Gasteiger partial charge is 0.386 e. The van der Waals surface area contributed by atoms with Gasteiger partial charge in [0, 0.05) is 14.2 Å². The number of rotatable bonds is 2. The summed E-state index contributed by atoms with van der Waals surface area (Å²) in [5.74, 6) is 0. The molecule has 0 aliphatic heterocycles. The summed E-state index contributed by atoms with van der Waals surface area (Å²) in [6.45, 7) is 2.01. The molecule has 1 heterocycles. The third kappa shape index (κ3) is 1.93. The van der Waals surface area contributed by atoms with Gasteiger partial charge in [0.25, 0.3) is 0 Å². The number of fused-ring (bicyclic) bond motifs is 1. The molecule has 0 saturated heterocycles. The molecule has 1 N–H and O–H groups in total. The maximum atomic E-state index is 10.8. The summed E-state index contributed by atoms with van der Waals surface area (Å²) in [6.07, 6.45) is 0.761. The lowest BCUT2D eigenvalue weighted by Gasteiger charge is -2.27. The Balaban J connectivity index is 2.09. The van der Waals surface area contributed by atoms with Crippen LogP contribution >= 0.6 is 27.3 Å². The van der Waals surface area contributed by atoms with Crippen molar-refractivity contribution in [2.75, 3.05) is 0 Å². The first-order valence-corrected chi connectivity index (χ1v) is 8.13. The summed E-state index contributed by atoms with van der Waals surface area (Å²) in [6, 6.07) is 12.3. The number of nitrogens with zero attached hydrogens (tertiary/aromatic N) is 1. The Kier molecular flexibility index (Phi) is 3.45. The fraction of sp³-hybridized carbons (Fsp3) is 0.312. The van der Waals surface area contributed by atoms with Crippen LogP contribution in [0.4, 0.5) is 0 Å². The average Bonchev–Trinajstić information content (AvgIpc) is 3.00. The number of aliphatic hydroxyl groups excluding tert-OH is 1. The van der Waals surface area contributed by atoms with Crippen LogP contribution in [0.2, 0.25) is 0 Å². The molecule has 1 aromatic heterocycles. The summed E-state index contributed by atoms with van der Waals surface area (Å²) in [5, 5.41) is 20.6. The highest BCUT2D eigenvalue weighted by Crippen LogP contribution is 2.48. The molecule has 1 aliphatic carbocycles. The molecule has 3 rings (SSSR count). The van der Waals surface area contributed by atoms with Gasteiger partial charge in [0.1, 0.15) is 11.5 Å². The standard InChI is InChI=1S/C16H14BrNOS/c1-10-13(17)8-14(20-10)15(19)16(9-18)7-6-11-4-2-3-5-12(11)16/h2-5,8,15,19H,6-7H2,1H3. The van der Waals surface area contributed by atoms with Gasteiger partial charge in [0.05, 0.1) is 6.07 Å². The van der Waals surface area contributed by atoms with Gasteiger partial charge in [-0.3, -0.25) is 0 Å². The Morgan fingerprint density at radius 3 is 2.85 bits per heavy atom. The van der Waals surface area contributed by atoms with Crippen molar-refractivity contribution in [3.63, 3.8) is 0 Å². The number of aliphatic hydroxyl groups is 1. The minimum absolute atomic E-state index is 0.679. The lowest BCUT2D eigenvalue weighted by atomic mass is 9.77. The Hall–Kier alpha value is -1.15. The minimum Gasteiger partial charge on any atom is -0.386 e. The van der Waals surface area contributed by atoms with E-state index in [9.17, 15) is 10.4 Å². The second-order valence-electron chi connectivity index (χ2n) is 5.20. The van der Waals surface area contributed by atoms with E-state index in [0.29, 0.717) is 6.42 Å². The van der Waals surface area contributed by atoms with Crippen molar-refractivity contribution in [1.82, 2.24) is 0 Å². The summed E-state index contributed by atoms with van der Waals surface area (Å²) in [7, 11) is 0. The third-order valence-corrected chi connectivity index (χ3v) is 6.29. The van der Waals surface area contributed by atoms with E-state index >= 15 is 0 Å². The van der Waals surface area contributed by atoms with Gasteiger partial charge >= 0.3 is 0 Å². The third-order valence-electron chi connectivity index (χ3n) is 4.10. The van der Waals surface area contributed by atoms with Crippen molar-refractivity contribution >= 4 is 27.3 Å². The van der Waals surface area contributed by atoms with Crippen molar-refractivity contribution in [1.29, 1.82) is 5.26 Å². The van der Waals surface area contributed by atoms with E-state index in [1.165, 1.54) is 5.56 Å². The molecule has 4 heteroatoms.